The van der Waals surface area contributed by atoms with E-state index in [0.29, 0.717) is 25.7 Å². The monoisotopic (exact) mass is 1320 g/mol. The number of phosphoric ester groups is 2. The molecule has 0 heterocycles. The zero-order valence-corrected chi connectivity index (χ0v) is 60.1. The van der Waals surface area contributed by atoms with Gasteiger partial charge in [-0.25, -0.2) is 9.13 Å². The first-order chi connectivity index (χ1) is 43.5. The molecule has 90 heavy (non-hydrogen) atoms. The summed E-state index contributed by atoms with van der Waals surface area (Å²) < 4.78 is 68.1. The lowest BCUT2D eigenvalue weighted by atomic mass is 10.0. The van der Waals surface area contributed by atoms with Gasteiger partial charge in [0, 0.05) is 25.7 Å². The van der Waals surface area contributed by atoms with Gasteiger partial charge >= 0.3 is 39.5 Å². The van der Waals surface area contributed by atoms with E-state index in [-0.39, 0.29) is 25.7 Å². The van der Waals surface area contributed by atoms with Gasteiger partial charge < -0.3 is 33.8 Å². The van der Waals surface area contributed by atoms with Crippen LogP contribution in [0.25, 0.3) is 0 Å². The first-order valence-corrected chi connectivity index (χ1v) is 40.1. The molecule has 0 aliphatic heterocycles. The Bertz CT molecular complexity index is 1740. The average Bonchev–Trinajstić information content (AvgIpc) is 3.72. The summed E-state index contributed by atoms with van der Waals surface area (Å²) in [6.45, 7) is 7.20. The largest absolute Gasteiger partial charge is 0.472 e. The Morgan fingerprint density at radius 3 is 0.756 bits per heavy atom. The summed E-state index contributed by atoms with van der Waals surface area (Å²) in [5.41, 5.74) is 0. The van der Waals surface area contributed by atoms with Crippen molar-refractivity contribution >= 4 is 39.5 Å². The van der Waals surface area contributed by atoms with Crippen LogP contribution in [-0.2, 0) is 65.4 Å². The molecule has 5 atom stereocenters. The molecular formula is C71H138O17P2. The second-order valence-corrected chi connectivity index (χ2v) is 29.0. The molecule has 3 N–H and O–H groups in total. The van der Waals surface area contributed by atoms with Crippen molar-refractivity contribution in [2.75, 3.05) is 39.6 Å². The average molecular weight is 1330 g/mol. The summed E-state index contributed by atoms with van der Waals surface area (Å²) in [4.78, 5) is 72.3. The van der Waals surface area contributed by atoms with E-state index in [9.17, 15) is 43.2 Å². The van der Waals surface area contributed by atoms with Gasteiger partial charge in [-0.2, -0.15) is 0 Å². The summed E-state index contributed by atoms with van der Waals surface area (Å²) in [5.74, 6) is -1.32. The van der Waals surface area contributed by atoms with Gasteiger partial charge in [0.2, 0.25) is 0 Å². The summed E-state index contributed by atoms with van der Waals surface area (Å²) >= 11 is 0. The Balaban J connectivity index is 5.13. The lowest BCUT2D eigenvalue weighted by molar-refractivity contribution is -0.161. The smallest absolute Gasteiger partial charge is 0.462 e. The van der Waals surface area contributed by atoms with Crippen LogP contribution in [-0.4, -0.2) is 96.7 Å². The van der Waals surface area contributed by atoms with E-state index < -0.39 is 97.5 Å². The Morgan fingerprint density at radius 2 is 0.511 bits per heavy atom. The van der Waals surface area contributed by atoms with Crippen molar-refractivity contribution in [2.45, 2.75) is 387 Å². The maximum absolute atomic E-state index is 13.0. The van der Waals surface area contributed by atoms with Crippen molar-refractivity contribution in [3.63, 3.8) is 0 Å². The van der Waals surface area contributed by atoms with Crippen LogP contribution in [0.3, 0.4) is 0 Å². The van der Waals surface area contributed by atoms with Gasteiger partial charge in [0.05, 0.1) is 26.4 Å². The number of ether oxygens (including phenoxy) is 4. The van der Waals surface area contributed by atoms with Crippen LogP contribution < -0.4 is 0 Å². The van der Waals surface area contributed by atoms with Crippen molar-refractivity contribution < 1.29 is 80.2 Å². The molecule has 0 aliphatic rings. The van der Waals surface area contributed by atoms with E-state index in [0.717, 1.165) is 102 Å². The molecule has 0 bridgehead atoms. The lowest BCUT2D eigenvalue weighted by Gasteiger charge is -2.21. The van der Waals surface area contributed by atoms with E-state index in [1.165, 1.54) is 186 Å². The summed E-state index contributed by atoms with van der Waals surface area (Å²) in [5, 5.41) is 10.6. The molecule has 0 fully saturated rings. The van der Waals surface area contributed by atoms with Crippen molar-refractivity contribution in [3.05, 3.63) is 0 Å². The Hall–Kier alpha value is -1.94. The number of carbonyl (C=O) groups excluding carboxylic acids is 4. The number of carbonyl (C=O) groups is 4. The van der Waals surface area contributed by atoms with E-state index >= 15 is 0 Å². The van der Waals surface area contributed by atoms with Gasteiger partial charge in [0.1, 0.15) is 19.3 Å². The molecule has 0 aromatic rings. The number of esters is 4. The molecule has 0 aromatic carbocycles. The fraction of sp³-hybridized carbons (Fsp3) is 0.944. The molecule has 0 saturated carbocycles. The molecule has 0 aliphatic carbocycles. The maximum Gasteiger partial charge on any atom is 0.472 e. The first-order valence-electron chi connectivity index (χ1n) is 37.1. The number of aliphatic hydroxyl groups is 1. The van der Waals surface area contributed by atoms with Crippen LogP contribution in [0.1, 0.15) is 369 Å². The third-order valence-electron chi connectivity index (χ3n) is 16.5. The van der Waals surface area contributed by atoms with Gasteiger partial charge in [-0.15, -0.1) is 0 Å². The van der Waals surface area contributed by atoms with E-state index in [1.54, 1.807) is 0 Å². The van der Waals surface area contributed by atoms with Crippen LogP contribution in [0.15, 0.2) is 0 Å². The van der Waals surface area contributed by atoms with Gasteiger partial charge in [-0.3, -0.25) is 37.3 Å². The topological polar surface area (TPSA) is 237 Å². The van der Waals surface area contributed by atoms with Crippen molar-refractivity contribution in [1.82, 2.24) is 0 Å². The summed E-state index contributed by atoms with van der Waals surface area (Å²) in [7, 11) is -9.89. The Kier molecular flexibility index (Phi) is 63.0. The van der Waals surface area contributed by atoms with Crippen molar-refractivity contribution in [1.29, 1.82) is 0 Å². The quantitative estimate of drug-likeness (QED) is 0.0222. The van der Waals surface area contributed by atoms with E-state index in [1.807, 2.05) is 0 Å². The molecule has 0 rings (SSSR count). The zero-order chi connectivity index (χ0) is 66.3. The van der Waals surface area contributed by atoms with Crippen LogP contribution in [0.4, 0.5) is 0 Å². The highest BCUT2D eigenvalue weighted by Gasteiger charge is 2.30. The number of unbranched alkanes of at least 4 members (excludes halogenated alkanes) is 43. The predicted octanol–water partition coefficient (Wildman–Crippen LogP) is 20.5. The van der Waals surface area contributed by atoms with Crippen LogP contribution in [0, 0.1) is 5.92 Å². The number of aliphatic hydroxyl groups excluding tert-OH is 1. The second-order valence-electron chi connectivity index (χ2n) is 26.1. The van der Waals surface area contributed by atoms with Crippen LogP contribution in [0.5, 0.6) is 0 Å². The summed E-state index contributed by atoms with van der Waals surface area (Å²) in [6.07, 6.45) is 51.6. The minimum Gasteiger partial charge on any atom is -0.462 e. The zero-order valence-electron chi connectivity index (χ0n) is 58.3. The molecule has 17 nitrogen and oxygen atoms in total. The Labute approximate surface area is 549 Å². The predicted molar refractivity (Wildman–Crippen MR) is 363 cm³/mol. The standard InChI is InChI=1S/C71H138O17P2/c1-6-9-12-15-17-19-21-27-32-36-40-45-50-55-69(74)82-61-67(88-71(76)57-52-47-42-38-34-30-26-24-23-25-29-31-35-39-44-48-53-64(4)5)63-86-90(79,80)84-59-65(72)58-83-89(77,78)85-62-66(60-81-68(73)54-49-43-14-11-8-3)87-70(75)56-51-46-41-37-33-28-22-20-18-16-13-10-7-2/h64-67,72H,6-63H2,1-5H3,(H,77,78)(H,79,80)/t65-,66+,67+/m0/s1. The van der Waals surface area contributed by atoms with E-state index in [4.69, 9.17) is 37.0 Å². The molecule has 534 valence electrons. The Morgan fingerprint density at radius 1 is 0.300 bits per heavy atom. The van der Waals surface area contributed by atoms with Gasteiger partial charge in [-0.05, 0) is 31.6 Å². The molecule has 0 radical (unpaired) electrons. The highest BCUT2D eigenvalue weighted by atomic mass is 31.2. The highest BCUT2D eigenvalue weighted by molar-refractivity contribution is 7.47. The molecule has 0 spiro atoms. The third kappa shape index (κ3) is 64.8. The highest BCUT2D eigenvalue weighted by Crippen LogP contribution is 2.45. The van der Waals surface area contributed by atoms with Crippen LogP contribution in [0.2, 0.25) is 0 Å². The van der Waals surface area contributed by atoms with Gasteiger partial charge in [0.25, 0.3) is 0 Å². The molecule has 19 heteroatoms. The third-order valence-corrected chi connectivity index (χ3v) is 18.4. The first kappa shape index (κ1) is 88.1. The SMILES string of the molecule is CCCCCCCCCCCCCCCC(=O)OC[C@H](COP(=O)(O)OC[C@@H](O)COP(=O)(O)OC[C@@H](COC(=O)CCCCCCC)OC(=O)CCCCCCCCCCCCCCC)OC(=O)CCCCCCCCCCCCCCCCCCC(C)C. The fourth-order valence-electron chi connectivity index (χ4n) is 10.8. The lowest BCUT2D eigenvalue weighted by Crippen LogP contribution is -2.30. The molecule has 0 amide bonds. The molecular weight excluding hydrogens is 1190 g/mol. The minimum absolute atomic E-state index is 0.107. The fourth-order valence-corrected chi connectivity index (χ4v) is 12.4. The molecule has 0 aromatic heterocycles. The van der Waals surface area contributed by atoms with E-state index in [2.05, 4.69) is 34.6 Å². The van der Waals surface area contributed by atoms with Crippen molar-refractivity contribution in [2.24, 2.45) is 5.92 Å². The number of hydrogen-bond acceptors (Lipinski definition) is 15. The summed E-state index contributed by atoms with van der Waals surface area (Å²) in [6, 6.07) is 0. The number of phosphoric acid groups is 2. The maximum atomic E-state index is 13.0. The van der Waals surface area contributed by atoms with Gasteiger partial charge in [-0.1, -0.05) is 317 Å². The van der Waals surface area contributed by atoms with Crippen LogP contribution >= 0.6 is 15.6 Å². The number of hydrogen-bond donors (Lipinski definition) is 3. The number of rotatable bonds is 71. The minimum atomic E-state index is -4.95. The molecule has 0 saturated heterocycles. The normalized spacial score (nSPS) is 14.1. The molecule has 2 unspecified atom stereocenters. The van der Waals surface area contributed by atoms with Crippen molar-refractivity contribution in [3.8, 4) is 0 Å². The van der Waals surface area contributed by atoms with Gasteiger partial charge in [0.15, 0.2) is 12.2 Å². The second kappa shape index (κ2) is 64.4.